The summed E-state index contributed by atoms with van der Waals surface area (Å²) in [6.07, 6.45) is 20.7. The third kappa shape index (κ3) is 6.92. The van der Waals surface area contributed by atoms with Crippen LogP contribution in [0.15, 0.2) is 36.0 Å². The molecule has 2 aliphatic carbocycles. The van der Waals surface area contributed by atoms with Crippen molar-refractivity contribution in [2.75, 3.05) is 14.1 Å². The Morgan fingerprint density at radius 3 is 2.79 bits per heavy atom. The molecule has 1 amide bonds. The highest BCUT2D eigenvalue weighted by molar-refractivity contribution is 5.75. The molecule has 3 nitrogen and oxygen atoms in total. The second-order valence-electron chi connectivity index (χ2n) is 9.12. The van der Waals surface area contributed by atoms with Crippen LogP contribution < -0.4 is 0 Å². The molecule has 1 saturated carbocycles. The van der Waals surface area contributed by atoms with Crippen molar-refractivity contribution < 1.29 is 9.90 Å². The van der Waals surface area contributed by atoms with E-state index in [1.807, 2.05) is 14.1 Å². The van der Waals surface area contributed by atoms with Crippen LogP contribution >= 0.6 is 0 Å². The quantitative estimate of drug-likeness (QED) is 0.288. The molecule has 2 rings (SSSR count). The fraction of sp³-hybridized carbons (Fsp3) is 0.720. The van der Waals surface area contributed by atoms with Gasteiger partial charge in [-0.3, -0.25) is 4.79 Å². The molecular formula is C25H41NO2. The molecule has 1 fully saturated rings. The Balaban J connectivity index is 1.76. The highest BCUT2D eigenvalue weighted by atomic mass is 16.3. The van der Waals surface area contributed by atoms with E-state index in [0.29, 0.717) is 24.2 Å². The van der Waals surface area contributed by atoms with Gasteiger partial charge in [0.05, 0.1) is 6.10 Å². The summed E-state index contributed by atoms with van der Waals surface area (Å²) in [5, 5.41) is 10.5. The second-order valence-corrected chi connectivity index (χ2v) is 9.12. The van der Waals surface area contributed by atoms with Crippen LogP contribution in [0, 0.1) is 23.7 Å². The minimum absolute atomic E-state index is 0.201. The molecule has 0 aliphatic heterocycles. The molecule has 0 spiro atoms. The van der Waals surface area contributed by atoms with Gasteiger partial charge < -0.3 is 10.0 Å². The molecule has 0 aromatic heterocycles. The molecule has 0 bridgehead atoms. The Hall–Kier alpha value is -1.35. The summed E-state index contributed by atoms with van der Waals surface area (Å²) >= 11 is 0. The number of unbranched alkanes of at least 4 members (excludes halogenated alkanes) is 2. The molecule has 5 atom stereocenters. The van der Waals surface area contributed by atoms with Gasteiger partial charge in [0.2, 0.25) is 5.91 Å². The summed E-state index contributed by atoms with van der Waals surface area (Å²) in [5.74, 6) is 2.24. The number of allylic oxidation sites excluding steroid dienone is 5. The van der Waals surface area contributed by atoms with Crippen molar-refractivity contribution >= 4 is 5.91 Å². The second kappa shape index (κ2) is 11.6. The number of hydrogen-bond donors (Lipinski definition) is 1. The van der Waals surface area contributed by atoms with Crippen LogP contribution in [0.3, 0.4) is 0 Å². The third-order valence-electron chi connectivity index (χ3n) is 6.48. The zero-order valence-corrected chi connectivity index (χ0v) is 18.4. The van der Waals surface area contributed by atoms with Gasteiger partial charge in [-0.15, -0.1) is 0 Å². The van der Waals surface area contributed by atoms with Crippen LogP contribution in [-0.4, -0.2) is 36.1 Å². The Morgan fingerprint density at radius 1 is 1.29 bits per heavy atom. The van der Waals surface area contributed by atoms with Gasteiger partial charge in [-0.2, -0.15) is 0 Å². The smallest absolute Gasteiger partial charge is 0.222 e. The number of amides is 1. The van der Waals surface area contributed by atoms with Crippen LogP contribution in [0.1, 0.15) is 71.6 Å². The molecule has 0 saturated heterocycles. The van der Waals surface area contributed by atoms with Crippen molar-refractivity contribution in [3.63, 3.8) is 0 Å². The van der Waals surface area contributed by atoms with Gasteiger partial charge in [0.25, 0.3) is 0 Å². The third-order valence-corrected chi connectivity index (χ3v) is 6.48. The minimum Gasteiger partial charge on any atom is -0.392 e. The largest absolute Gasteiger partial charge is 0.392 e. The normalized spacial score (nSPS) is 28.1. The lowest BCUT2D eigenvalue weighted by molar-refractivity contribution is -0.128. The SMILES string of the molecule is CCCC[C@H](C)C=CC=C[C@@H]1[C@H]2CC(CCCCC(=O)N(C)C)=C[C@H]2C[C@H]1O. The minimum atomic E-state index is -0.201. The average Bonchev–Trinajstić information content (AvgIpc) is 3.17. The highest BCUT2D eigenvalue weighted by Gasteiger charge is 2.42. The molecule has 0 unspecified atom stereocenters. The predicted molar refractivity (Wildman–Crippen MR) is 118 cm³/mol. The maximum atomic E-state index is 11.7. The maximum absolute atomic E-state index is 11.7. The van der Waals surface area contributed by atoms with Crippen LogP contribution in [0.5, 0.6) is 0 Å². The lowest BCUT2D eigenvalue weighted by Crippen LogP contribution is -2.21. The molecule has 1 N–H and O–H groups in total. The lowest BCUT2D eigenvalue weighted by atomic mass is 9.88. The van der Waals surface area contributed by atoms with Crippen LogP contribution in [0.4, 0.5) is 0 Å². The van der Waals surface area contributed by atoms with Crippen LogP contribution in [-0.2, 0) is 4.79 Å². The number of aliphatic hydroxyl groups is 1. The Morgan fingerprint density at radius 2 is 2.07 bits per heavy atom. The van der Waals surface area contributed by atoms with Gasteiger partial charge in [-0.05, 0) is 56.3 Å². The number of rotatable bonds is 11. The van der Waals surface area contributed by atoms with E-state index in [-0.39, 0.29) is 17.9 Å². The first kappa shape index (κ1) is 22.9. The number of nitrogens with zero attached hydrogens (tertiary/aromatic N) is 1. The summed E-state index contributed by atoms with van der Waals surface area (Å²) in [6, 6.07) is 0. The molecule has 3 heteroatoms. The number of carbonyl (C=O) groups excluding carboxylic acids is 1. The predicted octanol–water partition coefficient (Wildman–Crippen LogP) is 5.52. The van der Waals surface area contributed by atoms with E-state index in [4.69, 9.17) is 0 Å². The maximum Gasteiger partial charge on any atom is 0.222 e. The number of aliphatic hydroxyl groups excluding tert-OH is 1. The lowest BCUT2D eigenvalue weighted by Gasteiger charge is -2.18. The van der Waals surface area contributed by atoms with E-state index < -0.39 is 0 Å². The molecule has 0 aromatic rings. The van der Waals surface area contributed by atoms with Gasteiger partial charge >= 0.3 is 0 Å². The summed E-state index contributed by atoms with van der Waals surface area (Å²) in [5.41, 5.74) is 1.54. The van der Waals surface area contributed by atoms with Crippen LogP contribution in [0.2, 0.25) is 0 Å². The van der Waals surface area contributed by atoms with Crippen molar-refractivity contribution in [3.05, 3.63) is 36.0 Å². The summed E-state index contributed by atoms with van der Waals surface area (Å²) in [7, 11) is 3.64. The van der Waals surface area contributed by atoms with Gasteiger partial charge in [0, 0.05) is 26.4 Å². The topological polar surface area (TPSA) is 40.5 Å². The van der Waals surface area contributed by atoms with E-state index in [1.165, 1.54) is 19.3 Å². The first-order valence-corrected chi connectivity index (χ1v) is 11.3. The molecule has 0 aromatic carbocycles. The van der Waals surface area contributed by atoms with E-state index >= 15 is 0 Å². The number of fused-ring (bicyclic) bond motifs is 1. The van der Waals surface area contributed by atoms with E-state index in [9.17, 15) is 9.90 Å². The fourth-order valence-electron chi connectivity index (χ4n) is 4.71. The molecule has 0 radical (unpaired) electrons. The van der Waals surface area contributed by atoms with E-state index in [2.05, 4.69) is 44.2 Å². The molecule has 28 heavy (non-hydrogen) atoms. The fourth-order valence-corrected chi connectivity index (χ4v) is 4.71. The zero-order chi connectivity index (χ0) is 20.5. The first-order chi connectivity index (χ1) is 13.4. The van der Waals surface area contributed by atoms with Crippen molar-refractivity contribution in [2.45, 2.75) is 77.7 Å². The molecule has 158 valence electrons. The van der Waals surface area contributed by atoms with Gasteiger partial charge in [0.1, 0.15) is 0 Å². The van der Waals surface area contributed by atoms with Gasteiger partial charge in [-0.25, -0.2) is 0 Å². The zero-order valence-electron chi connectivity index (χ0n) is 18.4. The molecule has 2 aliphatic rings. The van der Waals surface area contributed by atoms with Crippen molar-refractivity contribution in [3.8, 4) is 0 Å². The van der Waals surface area contributed by atoms with Crippen molar-refractivity contribution in [1.82, 2.24) is 4.90 Å². The Bertz CT molecular complexity index is 575. The van der Waals surface area contributed by atoms with E-state index in [0.717, 1.165) is 32.1 Å². The number of hydrogen-bond acceptors (Lipinski definition) is 2. The molecular weight excluding hydrogens is 346 g/mol. The van der Waals surface area contributed by atoms with Gasteiger partial charge in [-0.1, -0.05) is 62.6 Å². The summed E-state index contributed by atoms with van der Waals surface area (Å²) in [6.45, 7) is 4.52. The monoisotopic (exact) mass is 387 g/mol. The molecule has 0 heterocycles. The summed E-state index contributed by atoms with van der Waals surface area (Å²) in [4.78, 5) is 13.3. The van der Waals surface area contributed by atoms with Crippen molar-refractivity contribution in [1.29, 1.82) is 0 Å². The Kier molecular flexibility index (Phi) is 9.50. The highest BCUT2D eigenvalue weighted by Crippen LogP contribution is 2.48. The van der Waals surface area contributed by atoms with Crippen molar-refractivity contribution in [2.24, 2.45) is 23.7 Å². The van der Waals surface area contributed by atoms with Gasteiger partial charge in [0.15, 0.2) is 0 Å². The average molecular weight is 388 g/mol. The van der Waals surface area contributed by atoms with E-state index in [1.54, 1.807) is 10.5 Å². The summed E-state index contributed by atoms with van der Waals surface area (Å²) < 4.78 is 0. The Labute approximate surface area is 172 Å². The first-order valence-electron chi connectivity index (χ1n) is 11.3. The number of carbonyl (C=O) groups is 1. The standard InChI is InChI=1S/C25H41NO2/c1-5-6-11-19(2)12-7-9-14-22-23-17-20(16-21(23)18-24(22)27)13-8-10-15-25(28)26(3)4/h7,9,12,14,16,19,21-24,27H,5-6,8,10-11,13,15,17-18H2,1-4H3/t19-,21-,22+,23-,24+/m0/s1. The van der Waals surface area contributed by atoms with Crippen LogP contribution in [0.25, 0.3) is 0 Å².